The van der Waals surface area contributed by atoms with Crippen LogP contribution in [0, 0.1) is 0 Å². The first-order valence-corrected chi connectivity index (χ1v) is 7.33. The van der Waals surface area contributed by atoms with Gasteiger partial charge in [0.05, 0.1) is 10.6 Å². The maximum atomic E-state index is 12.2. The topological polar surface area (TPSA) is 20.3 Å². The second kappa shape index (κ2) is 5.43. The molecule has 0 aromatic heterocycles. The van der Waals surface area contributed by atoms with E-state index in [4.69, 9.17) is 11.6 Å². The van der Waals surface area contributed by atoms with E-state index in [-0.39, 0.29) is 5.91 Å². The maximum absolute atomic E-state index is 12.2. The van der Waals surface area contributed by atoms with Crippen LogP contribution in [0.2, 0.25) is 5.02 Å². The van der Waals surface area contributed by atoms with Gasteiger partial charge in [0, 0.05) is 29.1 Å². The summed E-state index contributed by atoms with van der Waals surface area (Å²) in [5, 5.41) is 0.520. The molecule has 1 saturated heterocycles. The number of hydrogen-bond donors (Lipinski definition) is 0. The third kappa shape index (κ3) is 2.73. The van der Waals surface area contributed by atoms with Gasteiger partial charge in [-0.25, -0.2) is 0 Å². The molecule has 1 heterocycles. The zero-order valence-electron chi connectivity index (χ0n) is 8.58. The van der Waals surface area contributed by atoms with Gasteiger partial charge in [0.1, 0.15) is 0 Å². The van der Waals surface area contributed by atoms with Crippen LogP contribution in [0.3, 0.4) is 0 Å². The van der Waals surface area contributed by atoms with Gasteiger partial charge in [0.25, 0.3) is 5.91 Å². The van der Waals surface area contributed by atoms with Crippen LogP contribution in [0.5, 0.6) is 0 Å². The summed E-state index contributed by atoms with van der Waals surface area (Å²) < 4.78 is 0.881. The van der Waals surface area contributed by atoms with Gasteiger partial charge in [-0.3, -0.25) is 4.79 Å². The Labute approximate surface area is 112 Å². The van der Waals surface area contributed by atoms with E-state index in [2.05, 4.69) is 15.9 Å². The molecule has 0 bridgehead atoms. The Balaban J connectivity index is 2.22. The highest BCUT2D eigenvalue weighted by Crippen LogP contribution is 2.23. The van der Waals surface area contributed by atoms with Gasteiger partial charge in [0.2, 0.25) is 0 Å². The van der Waals surface area contributed by atoms with Crippen LogP contribution in [-0.2, 0) is 0 Å². The molecule has 5 heteroatoms. The Kier molecular flexibility index (Phi) is 4.16. The van der Waals surface area contributed by atoms with Crippen LogP contribution in [0.15, 0.2) is 22.7 Å². The quantitative estimate of drug-likeness (QED) is 0.791. The number of rotatable bonds is 1. The molecule has 1 fully saturated rings. The van der Waals surface area contributed by atoms with Gasteiger partial charge < -0.3 is 4.90 Å². The Morgan fingerprint density at radius 2 is 2.06 bits per heavy atom. The third-order valence-electron chi connectivity index (χ3n) is 2.46. The van der Waals surface area contributed by atoms with E-state index >= 15 is 0 Å². The minimum Gasteiger partial charge on any atom is -0.337 e. The van der Waals surface area contributed by atoms with Crippen molar-refractivity contribution in [2.75, 3.05) is 24.6 Å². The zero-order chi connectivity index (χ0) is 11.5. The highest BCUT2D eigenvalue weighted by molar-refractivity contribution is 9.10. The molecule has 1 aromatic rings. The van der Waals surface area contributed by atoms with Crippen LogP contribution < -0.4 is 0 Å². The predicted octanol–water partition coefficient (Wildman–Crippen LogP) is 3.29. The third-order valence-corrected chi connectivity index (χ3v) is 4.22. The summed E-state index contributed by atoms with van der Waals surface area (Å²) in [6, 6.07) is 5.37. The minimum atomic E-state index is 0.0339. The van der Waals surface area contributed by atoms with Crippen molar-refractivity contribution in [2.45, 2.75) is 0 Å². The second-order valence-corrected chi connectivity index (χ2v) is 6.08. The van der Waals surface area contributed by atoms with E-state index in [1.807, 2.05) is 22.7 Å². The van der Waals surface area contributed by atoms with Gasteiger partial charge >= 0.3 is 0 Å². The average Bonchev–Trinajstić information content (AvgIpc) is 2.32. The Hall–Kier alpha value is -0.190. The minimum absolute atomic E-state index is 0.0339. The average molecular weight is 321 g/mol. The predicted molar refractivity (Wildman–Crippen MR) is 72.4 cm³/mol. The molecule has 0 spiro atoms. The zero-order valence-corrected chi connectivity index (χ0v) is 11.7. The van der Waals surface area contributed by atoms with Gasteiger partial charge in [-0.05, 0) is 18.2 Å². The number of benzene rings is 1. The Morgan fingerprint density at radius 1 is 1.38 bits per heavy atom. The van der Waals surface area contributed by atoms with Crippen LogP contribution in [-0.4, -0.2) is 35.4 Å². The smallest absolute Gasteiger partial charge is 0.255 e. The molecule has 2 rings (SSSR count). The molecule has 16 heavy (non-hydrogen) atoms. The largest absolute Gasteiger partial charge is 0.337 e. The van der Waals surface area contributed by atoms with Crippen molar-refractivity contribution in [3.05, 3.63) is 33.3 Å². The van der Waals surface area contributed by atoms with E-state index in [1.54, 1.807) is 12.1 Å². The summed E-state index contributed by atoms with van der Waals surface area (Å²) in [6.07, 6.45) is 0. The van der Waals surface area contributed by atoms with Gasteiger partial charge in [-0.2, -0.15) is 11.8 Å². The van der Waals surface area contributed by atoms with Crippen molar-refractivity contribution in [1.29, 1.82) is 0 Å². The summed E-state index contributed by atoms with van der Waals surface area (Å²) in [7, 11) is 0. The van der Waals surface area contributed by atoms with E-state index < -0.39 is 0 Å². The first-order chi connectivity index (χ1) is 7.68. The number of nitrogens with zero attached hydrogens (tertiary/aromatic N) is 1. The standard InChI is InChI=1S/C11H11BrClNOS/c12-8-1-2-10(13)9(7-8)11(15)14-3-5-16-6-4-14/h1-2,7H,3-6H2. The van der Waals surface area contributed by atoms with E-state index in [0.717, 1.165) is 29.1 Å². The van der Waals surface area contributed by atoms with Crippen molar-refractivity contribution >= 4 is 45.2 Å². The summed E-state index contributed by atoms with van der Waals surface area (Å²) in [6.45, 7) is 1.62. The van der Waals surface area contributed by atoms with Crippen LogP contribution >= 0.6 is 39.3 Å². The molecule has 0 atom stereocenters. The highest BCUT2D eigenvalue weighted by Gasteiger charge is 2.20. The van der Waals surface area contributed by atoms with E-state index in [1.165, 1.54) is 0 Å². The summed E-state index contributed by atoms with van der Waals surface area (Å²) in [5.41, 5.74) is 0.586. The number of amides is 1. The van der Waals surface area contributed by atoms with Gasteiger partial charge in [0.15, 0.2) is 0 Å². The van der Waals surface area contributed by atoms with E-state index in [0.29, 0.717) is 10.6 Å². The normalized spacial score (nSPS) is 16.2. The van der Waals surface area contributed by atoms with Gasteiger partial charge in [-0.15, -0.1) is 0 Å². The lowest BCUT2D eigenvalue weighted by Crippen LogP contribution is -2.38. The number of carbonyl (C=O) groups excluding carboxylic acids is 1. The summed E-state index contributed by atoms with van der Waals surface area (Å²) in [4.78, 5) is 14.0. The lowest BCUT2D eigenvalue weighted by molar-refractivity contribution is 0.0772. The van der Waals surface area contributed by atoms with Crippen molar-refractivity contribution in [3.8, 4) is 0 Å². The molecular weight excluding hydrogens is 310 g/mol. The number of halogens is 2. The fourth-order valence-corrected chi connectivity index (χ4v) is 3.06. The maximum Gasteiger partial charge on any atom is 0.255 e. The van der Waals surface area contributed by atoms with Crippen molar-refractivity contribution < 1.29 is 4.79 Å². The van der Waals surface area contributed by atoms with E-state index in [9.17, 15) is 4.79 Å². The van der Waals surface area contributed by atoms with Crippen LogP contribution in [0.4, 0.5) is 0 Å². The number of carbonyl (C=O) groups is 1. The molecule has 86 valence electrons. The molecule has 0 aliphatic carbocycles. The summed E-state index contributed by atoms with van der Waals surface area (Å²) >= 11 is 11.3. The van der Waals surface area contributed by atoms with Crippen LogP contribution in [0.25, 0.3) is 0 Å². The summed E-state index contributed by atoms with van der Waals surface area (Å²) in [5.74, 6) is 2.06. The second-order valence-electron chi connectivity index (χ2n) is 3.53. The van der Waals surface area contributed by atoms with Crippen molar-refractivity contribution in [2.24, 2.45) is 0 Å². The Bertz CT molecular complexity index is 407. The molecule has 1 aromatic carbocycles. The lowest BCUT2D eigenvalue weighted by Gasteiger charge is -2.26. The molecule has 0 N–H and O–H groups in total. The molecule has 2 nitrogen and oxygen atoms in total. The molecular formula is C11H11BrClNOS. The van der Waals surface area contributed by atoms with Crippen LogP contribution in [0.1, 0.15) is 10.4 Å². The SMILES string of the molecule is O=C(c1cc(Br)ccc1Cl)N1CCSCC1. The molecule has 1 amide bonds. The molecule has 0 radical (unpaired) electrons. The fourth-order valence-electron chi connectivity index (χ4n) is 1.60. The number of thioether (sulfide) groups is 1. The molecule has 1 aliphatic heterocycles. The first kappa shape index (κ1) is 12.3. The highest BCUT2D eigenvalue weighted by atomic mass is 79.9. The molecule has 0 saturated carbocycles. The first-order valence-electron chi connectivity index (χ1n) is 5.00. The van der Waals surface area contributed by atoms with Crippen molar-refractivity contribution in [3.63, 3.8) is 0 Å². The van der Waals surface area contributed by atoms with Gasteiger partial charge in [-0.1, -0.05) is 27.5 Å². The monoisotopic (exact) mass is 319 g/mol. The lowest BCUT2D eigenvalue weighted by atomic mass is 10.2. The molecule has 1 aliphatic rings. The number of hydrogen-bond acceptors (Lipinski definition) is 2. The fraction of sp³-hybridized carbons (Fsp3) is 0.364. The molecule has 0 unspecified atom stereocenters. The van der Waals surface area contributed by atoms with Crippen molar-refractivity contribution in [1.82, 2.24) is 4.90 Å². The Morgan fingerprint density at radius 3 is 2.75 bits per heavy atom.